The monoisotopic (exact) mass is 336 g/mol. The smallest absolute Gasteiger partial charge is 0.0412 e. The zero-order chi connectivity index (χ0) is 14.2. The second kappa shape index (κ2) is 5.30. The van der Waals surface area contributed by atoms with Gasteiger partial charge in [0.05, 0.1) is 0 Å². The van der Waals surface area contributed by atoms with Gasteiger partial charge >= 0.3 is 0 Å². The lowest BCUT2D eigenvalue weighted by molar-refractivity contribution is 0.590. The van der Waals surface area contributed by atoms with Crippen LogP contribution in [0.15, 0.2) is 40.9 Å². The highest BCUT2D eigenvalue weighted by Gasteiger charge is 2.15. The number of halogens is 2. The Bertz CT molecular complexity index is 609. The normalized spacial score (nSPS) is 11.7. The lowest BCUT2D eigenvalue weighted by atomic mass is 9.84. The Balaban J connectivity index is 2.63. The first kappa shape index (κ1) is 14.6. The highest BCUT2D eigenvalue weighted by atomic mass is 79.9. The van der Waals surface area contributed by atoms with Crippen LogP contribution in [-0.2, 0) is 5.41 Å². The van der Waals surface area contributed by atoms with Crippen LogP contribution in [0.1, 0.15) is 31.9 Å². The summed E-state index contributed by atoms with van der Waals surface area (Å²) < 4.78 is 1.07. The second-order valence-electron chi connectivity index (χ2n) is 5.96. The summed E-state index contributed by atoms with van der Waals surface area (Å²) >= 11 is 9.72. The van der Waals surface area contributed by atoms with Gasteiger partial charge in [0.2, 0.25) is 0 Å². The Kier molecular flexibility index (Phi) is 4.08. The predicted octanol–water partition coefficient (Wildman–Crippen LogP) is 6.38. The molecule has 0 atom stereocenters. The van der Waals surface area contributed by atoms with Crippen molar-refractivity contribution in [3.05, 3.63) is 57.0 Å². The van der Waals surface area contributed by atoms with Crippen molar-refractivity contribution in [2.24, 2.45) is 0 Å². The molecule has 0 aromatic heterocycles. The van der Waals surface area contributed by atoms with Gasteiger partial charge < -0.3 is 0 Å². The summed E-state index contributed by atoms with van der Waals surface area (Å²) in [5, 5.41) is 0.761. The van der Waals surface area contributed by atoms with Gasteiger partial charge in [-0.1, -0.05) is 72.1 Å². The molecule has 0 aliphatic rings. The Morgan fingerprint density at radius 1 is 1.00 bits per heavy atom. The number of aryl methyl sites for hydroxylation is 1. The van der Waals surface area contributed by atoms with Crippen molar-refractivity contribution < 1.29 is 0 Å². The minimum absolute atomic E-state index is 0.145. The Morgan fingerprint density at radius 3 is 2.32 bits per heavy atom. The van der Waals surface area contributed by atoms with Gasteiger partial charge in [-0.15, -0.1) is 0 Å². The molecular formula is C17H18BrCl. The van der Waals surface area contributed by atoms with E-state index in [9.17, 15) is 0 Å². The lowest BCUT2D eigenvalue weighted by Gasteiger charge is -2.21. The Hall–Kier alpha value is -0.790. The third-order valence-electron chi connectivity index (χ3n) is 3.18. The van der Waals surface area contributed by atoms with E-state index in [4.69, 9.17) is 11.6 Å². The second-order valence-corrected chi connectivity index (χ2v) is 7.25. The maximum Gasteiger partial charge on any atom is 0.0412 e. The minimum Gasteiger partial charge on any atom is -0.0843 e. The van der Waals surface area contributed by atoms with E-state index >= 15 is 0 Å². The molecule has 0 unspecified atom stereocenters. The molecule has 2 aromatic rings. The van der Waals surface area contributed by atoms with Crippen molar-refractivity contribution in [2.75, 3.05) is 0 Å². The van der Waals surface area contributed by atoms with Crippen molar-refractivity contribution >= 4 is 27.5 Å². The topological polar surface area (TPSA) is 0 Å². The predicted molar refractivity (Wildman–Crippen MR) is 88.0 cm³/mol. The summed E-state index contributed by atoms with van der Waals surface area (Å²) in [6.07, 6.45) is 0. The van der Waals surface area contributed by atoms with Crippen LogP contribution < -0.4 is 0 Å². The third kappa shape index (κ3) is 3.40. The van der Waals surface area contributed by atoms with Crippen LogP contribution >= 0.6 is 27.5 Å². The van der Waals surface area contributed by atoms with Crippen molar-refractivity contribution in [3.8, 4) is 11.1 Å². The van der Waals surface area contributed by atoms with Crippen molar-refractivity contribution in [1.82, 2.24) is 0 Å². The molecule has 0 spiro atoms. The van der Waals surface area contributed by atoms with Gasteiger partial charge in [-0.25, -0.2) is 0 Å². The van der Waals surface area contributed by atoms with E-state index in [0.717, 1.165) is 15.1 Å². The van der Waals surface area contributed by atoms with Crippen molar-refractivity contribution in [3.63, 3.8) is 0 Å². The molecule has 0 bridgehead atoms. The van der Waals surface area contributed by atoms with Gasteiger partial charge in [-0.2, -0.15) is 0 Å². The average molecular weight is 338 g/mol. The fourth-order valence-corrected chi connectivity index (χ4v) is 2.74. The Morgan fingerprint density at radius 2 is 1.68 bits per heavy atom. The first-order valence-electron chi connectivity index (χ1n) is 6.35. The number of rotatable bonds is 1. The van der Waals surface area contributed by atoms with Gasteiger partial charge in [0.1, 0.15) is 0 Å². The van der Waals surface area contributed by atoms with Crippen LogP contribution in [0, 0.1) is 6.92 Å². The summed E-state index contributed by atoms with van der Waals surface area (Å²) in [5.74, 6) is 0. The summed E-state index contributed by atoms with van der Waals surface area (Å²) in [6, 6.07) is 12.6. The van der Waals surface area contributed by atoms with E-state index < -0.39 is 0 Å². The number of benzene rings is 2. The van der Waals surface area contributed by atoms with Crippen molar-refractivity contribution in [1.29, 1.82) is 0 Å². The largest absolute Gasteiger partial charge is 0.0843 e. The zero-order valence-electron chi connectivity index (χ0n) is 11.7. The standard InChI is InChI=1S/C17H18BrCl/c1-11-7-12(9-13(8-11)17(2,3)4)15-10-14(19)5-6-16(15)18/h5-10H,1-4H3. The maximum atomic E-state index is 6.12. The SMILES string of the molecule is Cc1cc(-c2cc(Cl)ccc2Br)cc(C(C)(C)C)c1. The number of hydrogen-bond acceptors (Lipinski definition) is 0. The maximum absolute atomic E-state index is 6.12. The molecule has 0 saturated heterocycles. The van der Waals surface area contributed by atoms with Gasteiger partial charge in [0.25, 0.3) is 0 Å². The molecule has 0 aliphatic heterocycles. The molecule has 0 amide bonds. The minimum atomic E-state index is 0.145. The lowest BCUT2D eigenvalue weighted by Crippen LogP contribution is -2.11. The van der Waals surface area contributed by atoms with Gasteiger partial charge in [0, 0.05) is 9.50 Å². The van der Waals surface area contributed by atoms with Gasteiger partial charge in [-0.05, 0) is 47.2 Å². The molecule has 0 N–H and O–H groups in total. The zero-order valence-corrected chi connectivity index (χ0v) is 14.1. The molecule has 2 aromatic carbocycles. The van der Waals surface area contributed by atoms with E-state index in [0.29, 0.717) is 0 Å². The molecule has 2 heteroatoms. The van der Waals surface area contributed by atoms with Crippen LogP contribution in [0.2, 0.25) is 5.02 Å². The highest BCUT2D eigenvalue weighted by molar-refractivity contribution is 9.10. The molecule has 0 nitrogen and oxygen atoms in total. The first-order chi connectivity index (χ1) is 8.77. The summed E-state index contributed by atoms with van der Waals surface area (Å²) in [5.41, 5.74) is 5.11. The molecular weight excluding hydrogens is 320 g/mol. The number of hydrogen-bond donors (Lipinski definition) is 0. The van der Waals surface area contributed by atoms with Gasteiger partial charge in [-0.3, -0.25) is 0 Å². The van der Waals surface area contributed by atoms with E-state index in [1.54, 1.807) is 0 Å². The fraction of sp³-hybridized carbons (Fsp3) is 0.294. The first-order valence-corrected chi connectivity index (χ1v) is 7.52. The molecule has 0 aliphatic carbocycles. The van der Waals surface area contributed by atoms with Crippen molar-refractivity contribution in [2.45, 2.75) is 33.1 Å². The van der Waals surface area contributed by atoms with E-state index in [2.05, 4.69) is 61.8 Å². The highest BCUT2D eigenvalue weighted by Crippen LogP contribution is 2.34. The van der Waals surface area contributed by atoms with Crippen LogP contribution in [0.25, 0.3) is 11.1 Å². The molecule has 0 saturated carbocycles. The van der Waals surface area contributed by atoms with E-state index in [-0.39, 0.29) is 5.41 Å². The average Bonchev–Trinajstić information content (AvgIpc) is 2.30. The fourth-order valence-electron chi connectivity index (χ4n) is 2.09. The molecule has 0 heterocycles. The van der Waals surface area contributed by atoms with E-state index in [1.165, 1.54) is 16.7 Å². The summed E-state index contributed by atoms with van der Waals surface area (Å²) in [7, 11) is 0. The van der Waals surface area contributed by atoms with Gasteiger partial charge in [0.15, 0.2) is 0 Å². The van der Waals surface area contributed by atoms with Crippen LogP contribution in [-0.4, -0.2) is 0 Å². The molecule has 19 heavy (non-hydrogen) atoms. The van der Waals surface area contributed by atoms with E-state index in [1.807, 2.05) is 18.2 Å². The molecule has 2 rings (SSSR count). The molecule has 0 fully saturated rings. The third-order valence-corrected chi connectivity index (χ3v) is 4.11. The van der Waals surface area contributed by atoms with Crippen LogP contribution in [0.3, 0.4) is 0 Å². The summed E-state index contributed by atoms with van der Waals surface area (Å²) in [6.45, 7) is 8.84. The summed E-state index contributed by atoms with van der Waals surface area (Å²) in [4.78, 5) is 0. The quantitative estimate of drug-likeness (QED) is 0.566. The van der Waals surface area contributed by atoms with Crippen LogP contribution in [0.4, 0.5) is 0 Å². The molecule has 100 valence electrons. The molecule has 0 radical (unpaired) electrons. The Labute approximate surface area is 128 Å². The van der Waals surface area contributed by atoms with Crippen LogP contribution in [0.5, 0.6) is 0 Å².